The van der Waals surface area contributed by atoms with Crippen LogP contribution in [0.1, 0.15) is 18.7 Å². The first-order valence-corrected chi connectivity index (χ1v) is 9.24. The Morgan fingerprint density at radius 3 is 2.67 bits per heavy atom. The van der Waals surface area contributed by atoms with Crippen molar-refractivity contribution in [1.29, 1.82) is 0 Å². The van der Waals surface area contributed by atoms with Gasteiger partial charge in [0.1, 0.15) is 15.7 Å². The number of nitrogens with zero attached hydrogens (tertiary/aromatic N) is 1. The molecule has 0 aliphatic heterocycles. The van der Waals surface area contributed by atoms with Gasteiger partial charge in [0.05, 0.1) is 22.8 Å². The molecular weight excluding hydrogens is 342 g/mol. The van der Waals surface area contributed by atoms with Crippen molar-refractivity contribution in [3.8, 4) is 0 Å². The monoisotopic (exact) mass is 358 g/mol. The number of carbonyl (C=O) groups is 1. The Hall–Kier alpha value is -2.23. The molecule has 1 fully saturated rings. The highest BCUT2D eigenvalue weighted by molar-refractivity contribution is 7.91. The molecule has 3 N–H and O–H groups in total. The number of hydrogen-bond donors (Lipinski definition) is 3. The fourth-order valence-electron chi connectivity index (χ4n) is 2.57. The standard InChI is InChI=1S/C14H16F2N4O3S/c1-24(22,23)8-2-7(3-8)18-14(21)17-6-13-19-11-4-9(15)10(16)5-12(11)20-13/h4-5,7-8H,2-3,6H2,1H3,(H,19,20)(H2,17,18,21). The van der Waals surface area contributed by atoms with Crippen molar-refractivity contribution in [3.05, 3.63) is 29.6 Å². The molecule has 10 heteroatoms. The summed E-state index contributed by atoms with van der Waals surface area (Å²) in [5.74, 6) is -1.61. The molecule has 1 aliphatic rings. The van der Waals surface area contributed by atoms with E-state index in [0.29, 0.717) is 24.2 Å². The Labute approximate surface area is 136 Å². The van der Waals surface area contributed by atoms with Crippen molar-refractivity contribution >= 4 is 26.9 Å². The van der Waals surface area contributed by atoms with Crippen LogP contribution in [0.4, 0.5) is 13.6 Å². The Kier molecular flexibility index (Phi) is 4.16. The molecular formula is C14H16F2N4O3S. The zero-order chi connectivity index (χ0) is 17.5. The van der Waals surface area contributed by atoms with Gasteiger partial charge in [-0.1, -0.05) is 0 Å². The van der Waals surface area contributed by atoms with E-state index in [9.17, 15) is 22.0 Å². The lowest BCUT2D eigenvalue weighted by molar-refractivity contribution is 0.228. The molecule has 1 aromatic heterocycles. The number of rotatable bonds is 4. The van der Waals surface area contributed by atoms with Crippen LogP contribution in [0.5, 0.6) is 0 Å². The molecule has 3 rings (SSSR count). The zero-order valence-corrected chi connectivity index (χ0v) is 13.6. The lowest BCUT2D eigenvalue weighted by atomic mass is 9.92. The highest BCUT2D eigenvalue weighted by atomic mass is 32.2. The summed E-state index contributed by atoms with van der Waals surface area (Å²) < 4.78 is 48.8. The summed E-state index contributed by atoms with van der Waals surface area (Å²) >= 11 is 0. The Morgan fingerprint density at radius 1 is 1.33 bits per heavy atom. The quantitative estimate of drug-likeness (QED) is 0.764. The molecule has 130 valence electrons. The van der Waals surface area contributed by atoms with E-state index in [1.807, 2.05) is 0 Å². The maximum Gasteiger partial charge on any atom is 0.315 e. The van der Waals surface area contributed by atoms with E-state index in [1.165, 1.54) is 6.26 Å². The number of H-pyrrole nitrogens is 1. The fourth-order valence-corrected chi connectivity index (χ4v) is 3.74. The molecule has 1 aliphatic carbocycles. The van der Waals surface area contributed by atoms with Crippen LogP contribution in [0.25, 0.3) is 11.0 Å². The summed E-state index contributed by atoms with van der Waals surface area (Å²) in [6.45, 7) is 0.0476. The van der Waals surface area contributed by atoms with E-state index in [4.69, 9.17) is 0 Å². The first-order chi connectivity index (χ1) is 11.2. The van der Waals surface area contributed by atoms with Gasteiger partial charge in [0, 0.05) is 24.4 Å². The molecule has 0 atom stereocenters. The van der Waals surface area contributed by atoms with E-state index in [-0.39, 0.29) is 18.1 Å². The fraction of sp³-hybridized carbons (Fsp3) is 0.429. The normalized spacial score (nSPS) is 20.6. The van der Waals surface area contributed by atoms with Gasteiger partial charge in [0.15, 0.2) is 11.6 Å². The molecule has 0 radical (unpaired) electrons. The van der Waals surface area contributed by atoms with Gasteiger partial charge in [-0.2, -0.15) is 0 Å². The minimum atomic E-state index is -3.06. The maximum atomic E-state index is 13.1. The molecule has 0 unspecified atom stereocenters. The number of imidazole rings is 1. The third-order valence-corrected chi connectivity index (χ3v) is 5.62. The number of carbonyl (C=O) groups excluding carboxylic acids is 1. The molecule has 0 spiro atoms. The number of sulfone groups is 1. The van der Waals surface area contributed by atoms with Gasteiger partial charge in [-0.3, -0.25) is 0 Å². The van der Waals surface area contributed by atoms with Gasteiger partial charge in [-0.15, -0.1) is 0 Å². The van der Waals surface area contributed by atoms with Crippen molar-refractivity contribution in [2.45, 2.75) is 30.7 Å². The number of halogens is 2. The number of amides is 2. The van der Waals surface area contributed by atoms with Crippen LogP contribution in [-0.4, -0.2) is 42.0 Å². The lowest BCUT2D eigenvalue weighted by Crippen LogP contribution is -2.52. The summed E-state index contributed by atoms with van der Waals surface area (Å²) in [6, 6.07) is 1.35. The average molecular weight is 358 g/mol. The summed E-state index contributed by atoms with van der Waals surface area (Å²) in [5, 5.41) is 4.83. The number of nitrogens with one attached hydrogen (secondary N) is 3. The first-order valence-electron chi connectivity index (χ1n) is 7.29. The summed E-state index contributed by atoms with van der Waals surface area (Å²) in [6.07, 6.45) is 1.98. The molecule has 0 saturated heterocycles. The number of aromatic amines is 1. The molecule has 2 amide bonds. The third kappa shape index (κ3) is 3.48. The molecule has 2 aromatic rings. The van der Waals surface area contributed by atoms with Crippen LogP contribution >= 0.6 is 0 Å². The predicted octanol–water partition coefficient (Wildman–Crippen LogP) is 1.22. The van der Waals surface area contributed by atoms with Crippen molar-refractivity contribution in [1.82, 2.24) is 20.6 Å². The van der Waals surface area contributed by atoms with Crippen LogP contribution in [0, 0.1) is 11.6 Å². The third-order valence-electron chi connectivity index (χ3n) is 4.02. The molecule has 1 heterocycles. The van der Waals surface area contributed by atoms with Crippen molar-refractivity contribution in [3.63, 3.8) is 0 Å². The van der Waals surface area contributed by atoms with Crippen LogP contribution in [0.15, 0.2) is 12.1 Å². The van der Waals surface area contributed by atoms with Gasteiger partial charge in [-0.25, -0.2) is 27.0 Å². The van der Waals surface area contributed by atoms with Crippen molar-refractivity contribution in [2.24, 2.45) is 0 Å². The Bertz CT molecular complexity index is 852. The maximum absolute atomic E-state index is 13.1. The van der Waals surface area contributed by atoms with E-state index in [1.54, 1.807) is 0 Å². The van der Waals surface area contributed by atoms with Crippen LogP contribution in [0.2, 0.25) is 0 Å². The lowest BCUT2D eigenvalue weighted by Gasteiger charge is -2.34. The number of benzene rings is 1. The van der Waals surface area contributed by atoms with E-state index in [2.05, 4.69) is 20.6 Å². The minimum absolute atomic E-state index is 0.0476. The van der Waals surface area contributed by atoms with E-state index in [0.717, 1.165) is 12.1 Å². The van der Waals surface area contributed by atoms with Crippen LogP contribution in [-0.2, 0) is 16.4 Å². The molecule has 24 heavy (non-hydrogen) atoms. The minimum Gasteiger partial charge on any atom is -0.340 e. The largest absolute Gasteiger partial charge is 0.340 e. The zero-order valence-electron chi connectivity index (χ0n) is 12.8. The van der Waals surface area contributed by atoms with Crippen LogP contribution in [0.3, 0.4) is 0 Å². The van der Waals surface area contributed by atoms with Gasteiger partial charge in [0.2, 0.25) is 0 Å². The molecule has 1 aromatic carbocycles. The number of urea groups is 1. The highest BCUT2D eigenvalue weighted by Gasteiger charge is 2.36. The van der Waals surface area contributed by atoms with Gasteiger partial charge in [0.25, 0.3) is 0 Å². The summed E-state index contributed by atoms with van der Waals surface area (Å²) in [7, 11) is -3.06. The van der Waals surface area contributed by atoms with Crippen LogP contribution < -0.4 is 10.6 Å². The molecule has 7 nitrogen and oxygen atoms in total. The number of hydrogen-bond acceptors (Lipinski definition) is 4. The Balaban J connectivity index is 1.52. The first kappa shape index (κ1) is 16.6. The second-order valence-corrected chi connectivity index (χ2v) is 8.24. The SMILES string of the molecule is CS(=O)(=O)C1CC(NC(=O)NCc2nc3cc(F)c(F)cc3[nH]2)C1. The second kappa shape index (κ2) is 6.00. The second-order valence-electron chi connectivity index (χ2n) is 5.91. The number of fused-ring (bicyclic) bond motifs is 1. The van der Waals surface area contributed by atoms with E-state index >= 15 is 0 Å². The van der Waals surface area contributed by atoms with E-state index < -0.39 is 32.8 Å². The smallest absolute Gasteiger partial charge is 0.315 e. The molecule has 0 bridgehead atoms. The van der Waals surface area contributed by atoms with Crippen molar-refractivity contribution < 1.29 is 22.0 Å². The van der Waals surface area contributed by atoms with Gasteiger partial charge in [-0.05, 0) is 12.8 Å². The summed E-state index contributed by atoms with van der Waals surface area (Å²) in [5.41, 5.74) is 0.599. The molecule has 1 saturated carbocycles. The average Bonchev–Trinajstić information content (AvgIpc) is 2.81. The summed E-state index contributed by atoms with van der Waals surface area (Å²) in [4.78, 5) is 18.6. The number of aromatic nitrogens is 2. The topological polar surface area (TPSA) is 104 Å². The predicted molar refractivity (Wildman–Crippen MR) is 83.0 cm³/mol. The van der Waals surface area contributed by atoms with Gasteiger partial charge >= 0.3 is 6.03 Å². The highest BCUT2D eigenvalue weighted by Crippen LogP contribution is 2.26. The van der Waals surface area contributed by atoms with Gasteiger partial charge < -0.3 is 15.6 Å². The Morgan fingerprint density at radius 2 is 2.00 bits per heavy atom. The van der Waals surface area contributed by atoms with Crippen molar-refractivity contribution in [2.75, 3.05) is 6.26 Å².